The Kier molecular flexibility index (Phi) is 4.50. The SMILES string of the molecule is CCOC(=O)c1cccc(Nc2ccc([N+](=O)[O-])cc2)c1. The summed E-state index contributed by atoms with van der Waals surface area (Å²) in [6.45, 7) is 2.07. The largest absolute Gasteiger partial charge is 0.462 e. The second kappa shape index (κ2) is 6.51. The van der Waals surface area contributed by atoms with Gasteiger partial charge < -0.3 is 10.1 Å². The van der Waals surface area contributed by atoms with E-state index in [0.717, 1.165) is 0 Å². The Hall–Kier alpha value is -2.89. The molecule has 0 radical (unpaired) electrons. The number of hydrogen-bond acceptors (Lipinski definition) is 5. The zero-order chi connectivity index (χ0) is 15.2. The number of nitro groups is 1. The Balaban J connectivity index is 2.14. The van der Waals surface area contributed by atoms with Crippen LogP contribution in [0.5, 0.6) is 0 Å². The average Bonchev–Trinajstić information content (AvgIpc) is 2.48. The van der Waals surface area contributed by atoms with Crippen molar-refractivity contribution in [2.45, 2.75) is 6.92 Å². The standard InChI is InChI=1S/C15H14N2O4/c1-2-21-15(18)11-4-3-5-13(10-11)16-12-6-8-14(9-7-12)17(19)20/h3-10,16H,2H2,1H3. The molecule has 6 heteroatoms. The molecule has 0 atom stereocenters. The molecule has 0 unspecified atom stereocenters. The Morgan fingerprint density at radius 1 is 1.19 bits per heavy atom. The van der Waals surface area contributed by atoms with Crippen LogP contribution in [0.4, 0.5) is 17.1 Å². The van der Waals surface area contributed by atoms with Crippen LogP contribution >= 0.6 is 0 Å². The smallest absolute Gasteiger partial charge is 0.338 e. The summed E-state index contributed by atoms with van der Waals surface area (Å²) in [5.41, 5.74) is 1.88. The first kappa shape index (κ1) is 14.5. The van der Waals surface area contributed by atoms with Crippen LogP contribution < -0.4 is 5.32 Å². The number of anilines is 2. The average molecular weight is 286 g/mol. The van der Waals surface area contributed by atoms with E-state index in [1.165, 1.54) is 12.1 Å². The minimum atomic E-state index is -0.453. The summed E-state index contributed by atoms with van der Waals surface area (Å²) in [5, 5.41) is 13.7. The lowest BCUT2D eigenvalue weighted by Gasteiger charge is -2.08. The zero-order valence-corrected chi connectivity index (χ0v) is 11.4. The molecule has 108 valence electrons. The molecule has 21 heavy (non-hydrogen) atoms. The number of nitro benzene ring substituents is 1. The van der Waals surface area contributed by atoms with Crippen molar-refractivity contribution < 1.29 is 14.5 Å². The van der Waals surface area contributed by atoms with Crippen molar-refractivity contribution in [3.05, 3.63) is 64.2 Å². The van der Waals surface area contributed by atoms with Crippen LogP contribution in [0, 0.1) is 10.1 Å². The molecular formula is C15H14N2O4. The lowest BCUT2D eigenvalue weighted by atomic mass is 10.2. The van der Waals surface area contributed by atoms with Gasteiger partial charge in [-0.1, -0.05) is 6.07 Å². The molecule has 0 aromatic heterocycles. The summed E-state index contributed by atoms with van der Waals surface area (Å²) in [6.07, 6.45) is 0. The number of rotatable bonds is 5. The van der Waals surface area contributed by atoms with Crippen molar-refractivity contribution in [3.8, 4) is 0 Å². The molecule has 0 saturated carbocycles. The molecule has 0 spiro atoms. The molecule has 0 bridgehead atoms. The quantitative estimate of drug-likeness (QED) is 0.516. The van der Waals surface area contributed by atoms with Crippen LogP contribution in [-0.2, 0) is 4.74 Å². The van der Waals surface area contributed by atoms with Crippen molar-refractivity contribution >= 4 is 23.0 Å². The van der Waals surface area contributed by atoms with E-state index in [4.69, 9.17) is 4.74 Å². The molecule has 6 nitrogen and oxygen atoms in total. The van der Waals surface area contributed by atoms with E-state index in [2.05, 4.69) is 5.32 Å². The lowest BCUT2D eigenvalue weighted by Crippen LogP contribution is -2.04. The molecule has 0 amide bonds. The van der Waals surface area contributed by atoms with Gasteiger partial charge in [0.2, 0.25) is 0 Å². The maximum Gasteiger partial charge on any atom is 0.338 e. The minimum Gasteiger partial charge on any atom is -0.462 e. The zero-order valence-electron chi connectivity index (χ0n) is 11.4. The summed E-state index contributed by atoms with van der Waals surface area (Å²) < 4.78 is 4.93. The molecule has 2 aromatic carbocycles. The monoisotopic (exact) mass is 286 g/mol. The van der Waals surface area contributed by atoms with Gasteiger partial charge in [-0.25, -0.2) is 4.79 Å². The number of hydrogen-bond donors (Lipinski definition) is 1. The lowest BCUT2D eigenvalue weighted by molar-refractivity contribution is -0.384. The maximum absolute atomic E-state index is 11.6. The number of nitrogens with zero attached hydrogens (tertiary/aromatic N) is 1. The fraction of sp³-hybridized carbons (Fsp3) is 0.133. The van der Waals surface area contributed by atoms with E-state index < -0.39 is 4.92 Å². The van der Waals surface area contributed by atoms with E-state index in [-0.39, 0.29) is 11.7 Å². The highest BCUT2D eigenvalue weighted by Crippen LogP contribution is 2.21. The number of ether oxygens (including phenoxy) is 1. The van der Waals surface area contributed by atoms with E-state index in [9.17, 15) is 14.9 Å². The van der Waals surface area contributed by atoms with E-state index >= 15 is 0 Å². The number of benzene rings is 2. The maximum atomic E-state index is 11.6. The third kappa shape index (κ3) is 3.79. The minimum absolute atomic E-state index is 0.0285. The van der Waals surface area contributed by atoms with Gasteiger partial charge in [0.05, 0.1) is 17.1 Å². The number of nitrogens with one attached hydrogen (secondary N) is 1. The highest BCUT2D eigenvalue weighted by molar-refractivity contribution is 5.90. The Morgan fingerprint density at radius 2 is 1.90 bits per heavy atom. The highest BCUT2D eigenvalue weighted by Gasteiger charge is 2.07. The predicted octanol–water partition coefficient (Wildman–Crippen LogP) is 3.52. The molecule has 2 aromatic rings. The van der Waals surface area contributed by atoms with Crippen LogP contribution in [-0.4, -0.2) is 17.5 Å². The van der Waals surface area contributed by atoms with E-state index in [1.54, 1.807) is 43.3 Å². The van der Waals surface area contributed by atoms with Gasteiger partial charge in [0.25, 0.3) is 5.69 Å². The Bertz CT molecular complexity index is 653. The fourth-order valence-corrected chi connectivity index (χ4v) is 1.77. The van der Waals surface area contributed by atoms with Gasteiger partial charge >= 0.3 is 5.97 Å². The van der Waals surface area contributed by atoms with E-state index in [1.807, 2.05) is 0 Å². The molecule has 0 heterocycles. The number of carbonyl (C=O) groups is 1. The topological polar surface area (TPSA) is 81.5 Å². The summed E-state index contributed by atoms with van der Waals surface area (Å²) in [5.74, 6) is -0.384. The van der Waals surface area contributed by atoms with Gasteiger partial charge in [-0.3, -0.25) is 10.1 Å². The van der Waals surface area contributed by atoms with Gasteiger partial charge in [-0.15, -0.1) is 0 Å². The van der Waals surface area contributed by atoms with Gasteiger partial charge in [-0.05, 0) is 37.3 Å². The van der Waals surface area contributed by atoms with Crippen molar-refractivity contribution in [3.63, 3.8) is 0 Å². The normalized spacial score (nSPS) is 9.95. The fourth-order valence-electron chi connectivity index (χ4n) is 1.77. The second-order valence-electron chi connectivity index (χ2n) is 4.23. The number of carbonyl (C=O) groups excluding carboxylic acids is 1. The van der Waals surface area contributed by atoms with Crippen molar-refractivity contribution in [2.24, 2.45) is 0 Å². The van der Waals surface area contributed by atoms with Crippen LogP contribution in [0.1, 0.15) is 17.3 Å². The molecule has 0 saturated heterocycles. The van der Waals surface area contributed by atoms with Gasteiger partial charge in [0.15, 0.2) is 0 Å². The summed E-state index contributed by atoms with van der Waals surface area (Å²) in [4.78, 5) is 21.8. The Labute approximate surface area is 121 Å². The van der Waals surface area contributed by atoms with Crippen LogP contribution in [0.2, 0.25) is 0 Å². The Morgan fingerprint density at radius 3 is 2.52 bits per heavy atom. The molecule has 0 aliphatic rings. The van der Waals surface area contributed by atoms with Crippen LogP contribution in [0.25, 0.3) is 0 Å². The molecule has 0 aliphatic carbocycles. The molecule has 2 rings (SSSR count). The molecule has 1 N–H and O–H groups in total. The third-order valence-electron chi connectivity index (χ3n) is 2.74. The van der Waals surface area contributed by atoms with Crippen LogP contribution in [0.3, 0.4) is 0 Å². The van der Waals surface area contributed by atoms with Crippen molar-refractivity contribution in [1.29, 1.82) is 0 Å². The number of non-ortho nitro benzene ring substituents is 1. The molecule has 0 aliphatic heterocycles. The molecule has 0 fully saturated rings. The first-order chi connectivity index (χ1) is 10.1. The van der Waals surface area contributed by atoms with Crippen molar-refractivity contribution in [1.82, 2.24) is 0 Å². The first-order valence-corrected chi connectivity index (χ1v) is 6.39. The number of esters is 1. The van der Waals surface area contributed by atoms with Crippen LogP contribution in [0.15, 0.2) is 48.5 Å². The van der Waals surface area contributed by atoms with Gasteiger partial charge in [-0.2, -0.15) is 0 Å². The summed E-state index contributed by atoms with van der Waals surface area (Å²) in [6, 6.07) is 12.9. The third-order valence-corrected chi connectivity index (χ3v) is 2.74. The van der Waals surface area contributed by atoms with Crippen molar-refractivity contribution in [2.75, 3.05) is 11.9 Å². The second-order valence-corrected chi connectivity index (χ2v) is 4.23. The van der Waals surface area contributed by atoms with E-state index in [0.29, 0.717) is 23.5 Å². The summed E-state index contributed by atoms with van der Waals surface area (Å²) in [7, 11) is 0. The van der Waals surface area contributed by atoms with Gasteiger partial charge in [0, 0.05) is 23.5 Å². The highest BCUT2D eigenvalue weighted by atomic mass is 16.6. The summed E-state index contributed by atoms with van der Waals surface area (Å²) >= 11 is 0. The first-order valence-electron chi connectivity index (χ1n) is 6.39. The molecular weight excluding hydrogens is 272 g/mol. The predicted molar refractivity (Wildman–Crippen MR) is 78.8 cm³/mol. The van der Waals surface area contributed by atoms with Gasteiger partial charge in [0.1, 0.15) is 0 Å².